The fraction of sp³-hybridized carbons (Fsp3) is 0.167. The number of ether oxygens (including phenoxy) is 1. The summed E-state index contributed by atoms with van der Waals surface area (Å²) in [5.41, 5.74) is 4.38. The first kappa shape index (κ1) is 18.7. The molecule has 0 saturated carbocycles. The molecule has 5 heteroatoms. The van der Waals surface area contributed by atoms with Gasteiger partial charge in [-0.1, -0.05) is 30.3 Å². The highest BCUT2D eigenvalue weighted by molar-refractivity contribution is 6.06. The second-order valence-corrected chi connectivity index (χ2v) is 6.91. The van der Waals surface area contributed by atoms with E-state index in [2.05, 4.69) is 4.98 Å². The van der Waals surface area contributed by atoms with E-state index in [0.717, 1.165) is 17.0 Å². The molecule has 0 unspecified atom stereocenters. The van der Waals surface area contributed by atoms with E-state index in [1.165, 1.54) is 5.56 Å². The minimum Gasteiger partial charge on any atom is -0.487 e. The number of carbonyl (C=O) groups excluding carboxylic acids is 1. The number of amides is 1. The predicted molar refractivity (Wildman–Crippen MR) is 114 cm³/mol. The van der Waals surface area contributed by atoms with Crippen LogP contribution < -0.4 is 9.64 Å². The second-order valence-electron chi connectivity index (χ2n) is 6.91. The molecule has 29 heavy (non-hydrogen) atoms. The normalized spacial score (nSPS) is 10.8. The van der Waals surface area contributed by atoms with Gasteiger partial charge in [0.05, 0.1) is 5.69 Å². The Morgan fingerprint density at radius 2 is 1.86 bits per heavy atom. The van der Waals surface area contributed by atoms with Gasteiger partial charge in [-0.25, -0.2) is 4.98 Å². The van der Waals surface area contributed by atoms with Gasteiger partial charge in [0.25, 0.3) is 5.91 Å². The molecule has 0 atom stereocenters. The van der Waals surface area contributed by atoms with E-state index >= 15 is 0 Å². The molecule has 0 aliphatic carbocycles. The van der Waals surface area contributed by atoms with Crippen molar-refractivity contribution in [3.8, 4) is 5.75 Å². The molecule has 2 aromatic heterocycles. The third kappa shape index (κ3) is 4.14. The van der Waals surface area contributed by atoms with Crippen molar-refractivity contribution >= 4 is 17.2 Å². The fourth-order valence-electron chi connectivity index (χ4n) is 3.31. The Kier molecular flexibility index (Phi) is 5.29. The first-order valence-corrected chi connectivity index (χ1v) is 9.68. The zero-order valence-electron chi connectivity index (χ0n) is 16.6. The van der Waals surface area contributed by atoms with Crippen LogP contribution in [0.3, 0.4) is 0 Å². The highest BCUT2D eigenvalue weighted by atomic mass is 16.5. The SMILES string of the molecule is CCN(C(=O)c1cccc(OCc2cn3cc(C)ccc3n2)c1)c1ccccc1. The van der Waals surface area contributed by atoms with Crippen LogP contribution in [0, 0.1) is 6.92 Å². The number of hydrogen-bond donors (Lipinski definition) is 0. The van der Waals surface area contributed by atoms with Gasteiger partial charge in [-0.3, -0.25) is 4.79 Å². The van der Waals surface area contributed by atoms with Crippen LogP contribution in [-0.2, 0) is 6.61 Å². The molecule has 0 radical (unpaired) electrons. The molecule has 0 bridgehead atoms. The summed E-state index contributed by atoms with van der Waals surface area (Å²) in [5, 5.41) is 0. The standard InChI is InChI=1S/C24H23N3O2/c1-3-27(21-9-5-4-6-10-21)24(28)19-8-7-11-22(14-19)29-17-20-16-26-15-18(2)12-13-23(26)25-20/h4-16H,3,17H2,1-2H3. The Hall–Kier alpha value is -3.60. The minimum atomic E-state index is -0.0487. The van der Waals surface area contributed by atoms with Gasteiger partial charge >= 0.3 is 0 Å². The number of para-hydroxylation sites is 1. The highest BCUT2D eigenvalue weighted by Crippen LogP contribution is 2.20. The van der Waals surface area contributed by atoms with Crippen LogP contribution in [0.15, 0.2) is 79.1 Å². The number of aromatic nitrogens is 2. The lowest BCUT2D eigenvalue weighted by molar-refractivity contribution is 0.0988. The van der Waals surface area contributed by atoms with Crippen molar-refractivity contribution in [3.05, 3.63) is 95.9 Å². The van der Waals surface area contributed by atoms with Crippen LogP contribution in [0.2, 0.25) is 0 Å². The summed E-state index contributed by atoms with van der Waals surface area (Å²) in [6.07, 6.45) is 4.00. The van der Waals surface area contributed by atoms with Crippen LogP contribution >= 0.6 is 0 Å². The number of rotatable bonds is 6. The molecule has 146 valence electrons. The van der Waals surface area contributed by atoms with E-state index in [1.54, 1.807) is 11.0 Å². The molecule has 1 amide bonds. The van der Waals surface area contributed by atoms with Gasteiger partial charge in [0.1, 0.15) is 18.0 Å². The average molecular weight is 385 g/mol. The largest absolute Gasteiger partial charge is 0.487 e. The van der Waals surface area contributed by atoms with Crippen molar-refractivity contribution in [2.45, 2.75) is 20.5 Å². The maximum atomic E-state index is 13.0. The molecule has 2 heterocycles. The number of anilines is 1. The quantitative estimate of drug-likeness (QED) is 0.475. The molecule has 5 nitrogen and oxygen atoms in total. The summed E-state index contributed by atoms with van der Waals surface area (Å²) in [6, 6.07) is 21.0. The molecule has 0 fully saturated rings. The smallest absolute Gasteiger partial charge is 0.258 e. The maximum Gasteiger partial charge on any atom is 0.258 e. The molecule has 0 N–H and O–H groups in total. The van der Waals surface area contributed by atoms with Crippen molar-refractivity contribution in [2.24, 2.45) is 0 Å². The summed E-state index contributed by atoms with van der Waals surface area (Å²) in [7, 11) is 0. The summed E-state index contributed by atoms with van der Waals surface area (Å²) in [4.78, 5) is 19.3. The monoisotopic (exact) mass is 385 g/mol. The molecule has 4 aromatic rings. The van der Waals surface area contributed by atoms with Gasteiger partial charge in [-0.15, -0.1) is 0 Å². The Bertz CT molecular complexity index is 1140. The van der Waals surface area contributed by atoms with Crippen molar-refractivity contribution in [3.63, 3.8) is 0 Å². The number of benzene rings is 2. The average Bonchev–Trinajstić information content (AvgIpc) is 3.16. The van der Waals surface area contributed by atoms with Crippen LogP contribution in [0.4, 0.5) is 5.69 Å². The van der Waals surface area contributed by atoms with E-state index in [4.69, 9.17) is 4.74 Å². The number of pyridine rings is 1. The summed E-state index contributed by atoms with van der Waals surface area (Å²) in [6.45, 7) is 4.95. The molecule has 2 aromatic carbocycles. The molecule has 4 rings (SSSR count). The number of nitrogens with zero attached hydrogens (tertiary/aromatic N) is 3. The molecular formula is C24H23N3O2. The Balaban J connectivity index is 1.49. The zero-order chi connectivity index (χ0) is 20.2. The van der Waals surface area contributed by atoms with Gasteiger partial charge in [0.15, 0.2) is 0 Å². The molecule has 0 spiro atoms. The minimum absolute atomic E-state index is 0.0487. The van der Waals surface area contributed by atoms with E-state index in [0.29, 0.717) is 24.5 Å². The Morgan fingerprint density at radius 1 is 1.03 bits per heavy atom. The van der Waals surface area contributed by atoms with E-state index < -0.39 is 0 Å². The third-order valence-electron chi connectivity index (χ3n) is 4.75. The van der Waals surface area contributed by atoms with Crippen molar-refractivity contribution in [1.29, 1.82) is 0 Å². The Labute approximate surface area is 170 Å². The van der Waals surface area contributed by atoms with E-state index in [9.17, 15) is 4.79 Å². The van der Waals surface area contributed by atoms with Crippen molar-refractivity contribution in [2.75, 3.05) is 11.4 Å². The van der Waals surface area contributed by atoms with Crippen LogP contribution in [0.1, 0.15) is 28.5 Å². The van der Waals surface area contributed by atoms with E-state index in [1.807, 2.05) is 91.3 Å². The number of carbonyl (C=O) groups is 1. The summed E-state index contributed by atoms with van der Waals surface area (Å²) in [5.74, 6) is 0.598. The number of hydrogen-bond acceptors (Lipinski definition) is 3. The number of imidazole rings is 1. The first-order valence-electron chi connectivity index (χ1n) is 9.68. The third-order valence-corrected chi connectivity index (χ3v) is 4.75. The lowest BCUT2D eigenvalue weighted by atomic mass is 10.1. The van der Waals surface area contributed by atoms with Crippen molar-refractivity contribution < 1.29 is 9.53 Å². The number of fused-ring (bicyclic) bond motifs is 1. The first-order chi connectivity index (χ1) is 14.1. The molecule has 0 aliphatic heterocycles. The van der Waals surface area contributed by atoms with Gasteiger partial charge in [0.2, 0.25) is 0 Å². The predicted octanol–water partition coefficient (Wildman–Crippen LogP) is 4.89. The van der Waals surface area contributed by atoms with Gasteiger partial charge in [0, 0.05) is 30.2 Å². The molecular weight excluding hydrogens is 362 g/mol. The lowest BCUT2D eigenvalue weighted by Gasteiger charge is -2.21. The maximum absolute atomic E-state index is 13.0. The zero-order valence-corrected chi connectivity index (χ0v) is 16.6. The lowest BCUT2D eigenvalue weighted by Crippen LogP contribution is -2.30. The van der Waals surface area contributed by atoms with Crippen LogP contribution in [0.5, 0.6) is 5.75 Å². The van der Waals surface area contributed by atoms with Crippen LogP contribution in [-0.4, -0.2) is 21.8 Å². The topological polar surface area (TPSA) is 46.8 Å². The Morgan fingerprint density at radius 3 is 2.66 bits per heavy atom. The van der Waals surface area contributed by atoms with Crippen LogP contribution in [0.25, 0.3) is 5.65 Å². The number of aryl methyl sites for hydroxylation is 1. The summed E-state index contributed by atoms with van der Waals surface area (Å²) >= 11 is 0. The highest BCUT2D eigenvalue weighted by Gasteiger charge is 2.16. The van der Waals surface area contributed by atoms with Gasteiger partial charge in [-0.05, 0) is 55.8 Å². The van der Waals surface area contributed by atoms with E-state index in [-0.39, 0.29) is 5.91 Å². The summed E-state index contributed by atoms with van der Waals surface area (Å²) < 4.78 is 7.91. The molecule has 0 saturated heterocycles. The second kappa shape index (κ2) is 8.19. The van der Waals surface area contributed by atoms with Gasteiger partial charge in [-0.2, -0.15) is 0 Å². The fourth-order valence-corrected chi connectivity index (χ4v) is 3.31. The van der Waals surface area contributed by atoms with Crippen molar-refractivity contribution in [1.82, 2.24) is 9.38 Å². The van der Waals surface area contributed by atoms with Gasteiger partial charge < -0.3 is 14.0 Å². The molecule has 0 aliphatic rings.